The minimum Gasteiger partial charge on any atom is -0.396 e. The Hall–Kier alpha value is 0.0800. The van der Waals surface area contributed by atoms with Crippen molar-refractivity contribution >= 4 is 56.7 Å². The van der Waals surface area contributed by atoms with Gasteiger partial charge < -0.3 is 5.73 Å². The second-order valence-corrected chi connectivity index (χ2v) is 5.39. The number of carbonyl (C=O) groups is 1. The van der Waals surface area contributed by atoms with Gasteiger partial charge in [0.15, 0.2) is 5.78 Å². The van der Waals surface area contributed by atoms with Gasteiger partial charge in [0, 0.05) is 15.6 Å². The van der Waals surface area contributed by atoms with Crippen LogP contribution in [0.25, 0.3) is 0 Å². The van der Waals surface area contributed by atoms with Crippen molar-refractivity contribution in [1.82, 2.24) is 0 Å². The van der Waals surface area contributed by atoms with Crippen LogP contribution in [0.5, 0.6) is 0 Å². The van der Waals surface area contributed by atoms with Gasteiger partial charge in [0.25, 0.3) is 0 Å². The average molecular weight is 433 g/mol. The molecule has 5 heteroatoms. The molecule has 82 valence electrons. The number of ketones is 1. The van der Waals surface area contributed by atoms with E-state index in [0.717, 1.165) is 10.8 Å². The van der Waals surface area contributed by atoms with Crippen molar-refractivity contribution in [2.75, 3.05) is 10.2 Å². The van der Waals surface area contributed by atoms with Crippen LogP contribution in [0, 0.1) is 9.39 Å². The lowest BCUT2D eigenvalue weighted by atomic mass is 10.1. The molecule has 0 bridgehead atoms. The topological polar surface area (TPSA) is 43.1 Å². The van der Waals surface area contributed by atoms with E-state index < -0.39 is 5.82 Å². The molecule has 1 aromatic carbocycles. The molecule has 0 aliphatic rings. The van der Waals surface area contributed by atoms with Crippen LogP contribution in [0.1, 0.15) is 23.2 Å². The zero-order chi connectivity index (χ0) is 11.4. The fraction of sp³-hybridized carbons (Fsp3) is 0.300. The number of benzene rings is 1. The van der Waals surface area contributed by atoms with Crippen LogP contribution < -0.4 is 5.73 Å². The van der Waals surface area contributed by atoms with Crippen molar-refractivity contribution in [3.05, 3.63) is 27.1 Å². The molecule has 0 unspecified atom stereocenters. The molecule has 2 N–H and O–H groups in total. The van der Waals surface area contributed by atoms with Crippen molar-refractivity contribution in [1.29, 1.82) is 0 Å². The van der Waals surface area contributed by atoms with Gasteiger partial charge in [-0.05, 0) is 45.6 Å². The summed E-state index contributed by atoms with van der Waals surface area (Å²) in [7, 11) is 0. The lowest BCUT2D eigenvalue weighted by Gasteiger charge is -2.06. The molecule has 0 aliphatic heterocycles. The SMILES string of the molecule is Nc1c(F)cc(I)cc1C(=O)CCCI. The third-order valence-corrected chi connectivity index (χ3v) is 3.32. The fourth-order valence-corrected chi connectivity index (χ4v) is 2.14. The van der Waals surface area contributed by atoms with E-state index in [1.807, 2.05) is 22.6 Å². The van der Waals surface area contributed by atoms with Crippen LogP contribution in [0.2, 0.25) is 0 Å². The van der Waals surface area contributed by atoms with E-state index in [1.54, 1.807) is 6.07 Å². The first kappa shape index (κ1) is 13.1. The number of halogens is 3. The van der Waals surface area contributed by atoms with Crippen LogP contribution in [-0.4, -0.2) is 10.2 Å². The third kappa shape index (κ3) is 3.54. The average Bonchev–Trinajstić information content (AvgIpc) is 2.19. The Bertz CT molecular complexity index is 382. The molecule has 0 saturated carbocycles. The minimum absolute atomic E-state index is 0.0334. The number of hydrogen-bond acceptors (Lipinski definition) is 2. The lowest BCUT2D eigenvalue weighted by Crippen LogP contribution is -2.06. The summed E-state index contributed by atoms with van der Waals surface area (Å²) in [5.41, 5.74) is 5.80. The highest BCUT2D eigenvalue weighted by Gasteiger charge is 2.13. The summed E-state index contributed by atoms with van der Waals surface area (Å²) in [6, 6.07) is 2.96. The highest BCUT2D eigenvalue weighted by molar-refractivity contribution is 14.1. The number of nitrogen functional groups attached to an aromatic ring is 1. The first-order chi connectivity index (χ1) is 7.06. The van der Waals surface area contributed by atoms with Crippen molar-refractivity contribution in [2.24, 2.45) is 0 Å². The molecule has 1 aromatic rings. The number of anilines is 1. The van der Waals surface area contributed by atoms with Crippen LogP contribution in [0.15, 0.2) is 12.1 Å². The van der Waals surface area contributed by atoms with Crippen molar-refractivity contribution in [3.8, 4) is 0 Å². The lowest BCUT2D eigenvalue weighted by molar-refractivity contribution is 0.0982. The Kier molecular flexibility index (Phi) is 5.24. The molecule has 15 heavy (non-hydrogen) atoms. The number of rotatable bonds is 4. The number of alkyl halides is 1. The smallest absolute Gasteiger partial charge is 0.165 e. The van der Waals surface area contributed by atoms with E-state index in [0.29, 0.717) is 15.6 Å². The second kappa shape index (κ2) is 5.97. The molecule has 0 amide bonds. The molecule has 0 aliphatic carbocycles. The molecule has 0 atom stereocenters. The van der Waals surface area contributed by atoms with E-state index in [-0.39, 0.29) is 11.5 Å². The monoisotopic (exact) mass is 433 g/mol. The van der Waals surface area contributed by atoms with E-state index in [2.05, 4.69) is 22.6 Å². The number of carbonyl (C=O) groups excluding carboxylic acids is 1. The molecule has 0 spiro atoms. The van der Waals surface area contributed by atoms with E-state index in [4.69, 9.17) is 5.73 Å². The maximum Gasteiger partial charge on any atom is 0.165 e. The van der Waals surface area contributed by atoms with Gasteiger partial charge in [-0.1, -0.05) is 22.6 Å². The molecule has 0 aromatic heterocycles. The van der Waals surface area contributed by atoms with Crippen molar-refractivity contribution in [2.45, 2.75) is 12.8 Å². The molecule has 0 radical (unpaired) electrons. The zero-order valence-corrected chi connectivity index (χ0v) is 12.2. The first-order valence-corrected chi connectivity index (χ1v) is 7.00. The Labute approximate surface area is 115 Å². The predicted octanol–water partition coefficient (Wildman–Crippen LogP) is 3.41. The molecule has 1 rings (SSSR count). The van der Waals surface area contributed by atoms with Crippen LogP contribution in [0.4, 0.5) is 10.1 Å². The van der Waals surface area contributed by atoms with Gasteiger partial charge in [-0.3, -0.25) is 4.79 Å². The van der Waals surface area contributed by atoms with Gasteiger partial charge in [-0.15, -0.1) is 0 Å². The maximum atomic E-state index is 13.2. The van der Waals surface area contributed by atoms with Gasteiger partial charge in [-0.2, -0.15) is 0 Å². The summed E-state index contributed by atoms with van der Waals surface area (Å²) in [4.78, 5) is 11.7. The van der Waals surface area contributed by atoms with Gasteiger partial charge in [-0.25, -0.2) is 4.39 Å². The van der Waals surface area contributed by atoms with Gasteiger partial charge in [0.1, 0.15) is 5.82 Å². The standard InChI is InChI=1S/C10H10FI2NO/c11-8-5-6(13)4-7(10(8)14)9(15)2-1-3-12/h4-5H,1-3,14H2. The highest BCUT2D eigenvalue weighted by atomic mass is 127. The summed E-state index contributed by atoms with van der Waals surface area (Å²) in [5.74, 6) is -0.596. The van der Waals surface area contributed by atoms with Gasteiger partial charge >= 0.3 is 0 Å². The Morgan fingerprint density at radius 3 is 2.73 bits per heavy atom. The van der Waals surface area contributed by atoms with Crippen molar-refractivity contribution in [3.63, 3.8) is 0 Å². The summed E-state index contributed by atoms with van der Waals surface area (Å²) >= 11 is 4.17. The van der Waals surface area contributed by atoms with Crippen molar-refractivity contribution < 1.29 is 9.18 Å². The largest absolute Gasteiger partial charge is 0.396 e. The molecule has 0 fully saturated rings. The zero-order valence-electron chi connectivity index (χ0n) is 7.90. The number of Topliss-reactive ketones (excluding diaryl/α,β-unsaturated/α-hetero) is 1. The minimum atomic E-state index is -0.514. The summed E-state index contributed by atoms with van der Waals surface area (Å²) in [6.45, 7) is 0. The molecule has 2 nitrogen and oxygen atoms in total. The van der Waals surface area contributed by atoms with Gasteiger partial charge in [0.2, 0.25) is 0 Å². The van der Waals surface area contributed by atoms with Gasteiger partial charge in [0.05, 0.1) is 5.69 Å². The van der Waals surface area contributed by atoms with E-state index in [9.17, 15) is 9.18 Å². The predicted molar refractivity (Wildman–Crippen MR) is 76.0 cm³/mol. The Balaban J connectivity index is 2.98. The summed E-state index contributed by atoms with van der Waals surface area (Å²) in [6.07, 6.45) is 1.22. The number of hydrogen-bond donors (Lipinski definition) is 1. The molecular formula is C10H10FI2NO. The molecule has 0 heterocycles. The summed E-state index contributed by atoms with van der Waals surface area (Å²) < 4.78 is 14.8. The molecule has 0 saturated heterocycles. The number of nitrogens with two attached hydrogens (primary N) is 1. The highest BCUT2D eigenvalue weighted by Crippen LogP contribution is 2.22. The third-order valence-electron chi connectivity index (χ3n) is 1.93. The van der Waals surface area contributed by atoms with E-state index in [1.165, 1.54) is 6.07 Å². The van der Waals surface area contributed by atoms with Crippen LogP contribution in [0.3, 0.4) is 0 Å². The quantitative estimate of drug-likeness (QED) is 0.343. The normalized spacial score (nSPS) is 10.3. The fourth-order valence-electron chi connectivity index (χ4n) is 1.18. The van der Waals surface area contributed by atoms with Crippen LogP contribution in [-0.2, 0) is 0 Å². The second-order valence-electron chi connectivity index (χ2n) is 3.06. The molecular weight excluding hydrogens is 423 g/mol. The van der Waals surface area contributed by atoms with E-state index >= 15 is 0 Å². The van der Waals surface area contributed by atoms with Crippen LogP contribution >= 0.6 is 45.2 Å². The Morgan fingerprint density at radius 1 is 1.47 bits per heavy atom. The maximum absolute atomic E-state index is 13.2. The Morgan fingerprint density at radius 2 is 2.13 bits per heavy atom. The summed E-state index contributed by atoms with van der Waals surface area (Å²) in [5, 5.41) is 0. The first-order valence-electron chi connectivity index (χ1n) is 4.40.